The molecule has 1 aliphatic carbocycles. The van der Waals surface area contributed by atoms with E-state index in [-0.39, 0.29) is 0 Å². The van der Waals surface area contributed by atoms with Crippen LogP contribution in [0.1, 0.15) is 43.2 Å². The number of hydrogen-bond donors (Lipinski definition) is 1. The lowest BCUT2D eigenvalue weighted by atomic mass is 9.66. The minimum absolute atomic E-state index is 0.475. The molecule has 3 rings (SSSR count). The predicted octanol–water partition coefficient (Wildman–Crippen LogP) is 3.27. The van der Waals surface area contributed by atoms with Gasteiger partial charge in [-0.15, -0.1) is 0 Å². The Morgan fingerprint density at radius 1 is 1.26 bits per heavy atom. The van der Waals surface area contributed by atoms with E-state index in [1.807, 2.05) is 0 Å². The van der Waals surface area contributed by atoms with Crippen molar-refractivity contribution in [2.75, 3.05) is 24.5 Å². The summed E-state index contributed by atoms with van der Waals surface area (Å²) in [5.74, 6) is 0. The quantitative estimate of drug-likeness (QED) is 0.898. The molecule has 2 aliphatic rings. The van der Waals surface area contributed by atoms with Crippen molar-refractivity contribution < 1.29 is 0 Å². The van der Waals surface area contributed by atoms with Crippen LogP contribution in [-0.2, 0) is 6.42 Å². The second-order valence-corrected chi connectivity index (χ2v) is 6.53. The van der Waals surface area contributed by atoms with E-state index in [0.717, 1.165) is 6.54 Å². The van der Waals surface area contributed by atoms with E-state index in [1.165, 1.54) is 62.9 Å². The molecule has 19 heavy (non-hydrogen) atoms. The number of nitrogens with two attached hydrogens (primary N) is 1. The second-order valence-electron chi connectivity index (χ2n) is 6.53. The van der Waals surface area contributed by atoms with Crippen molar-refractivity contribution in [2.45, 2.75) is 45.4 Å². The highest BCUT2D eigenvalue weighted by Crippen LogP contribution is 2.43. The van der Waals surface area contributed by atoms with Gasteiger partial charge in [0.25, 0.3) is 0 Å². The highest BCUT2D eigenvalue weighted by molar-refractivity contribution is 5.56. The van der Waals surface area contributed by atoms with E-state index in [0.29, 0.717) is 5.41 Å². The van der Waals surface area contributed by atoms with Crippen molar-refractivity contribution in [3.63, 3.8) is 0 Å². The molecule has 2 nitrogen and oxygen atoms in total. The van der Waals surface area contributed by atoms with Crippen molar-refractivity contribution in [1.82, 2.24) is 0 Å². The smallest absolute Gasteiger partial charge is 0.0398 e. The van der Waals surface area contributed by atoms with Gasteiger partial charge in [0, 0.05) is 18.8 Å². The molecule has 0 aromatic heterocycles. The van der Waals surface area contributed by atoms with Crippen LogP contribution in [0.2, 0.25) is 0 Å². The molecule has 1 aromatic carbocycles. The zero-order valence-corrected chi connectivity index (χ0v) is 12.1. The fourth-order valence-corrected chi connectivity index (χ4v) is 3.64. The fraction of sp³-hybridized carbons (Fsp3) is 0.647. The van der Waals surface area contributed by atoms with E-state index in [4.69, 9.17) is 5.73 Å². The molecule has 0 bridgehead atoms. The number of fused-ring (bicyclic) bond motifs is 1. The summed E-state index contributed by atoms with van der Waals surface area (Å²) in [5, 5.41) is 0. The molecule has 2 N–H and O–H groups in total. The lowest BCUT2D eigenvalue weighted by molar-refractivity contribution is 0.133. The first-order valence-corrected chi connectivity index (χ1v) is 7.77. The molecule has 0 spiro atoms. The van der Waals surface area contributed by atoms with Gasteiger partial charge in [-0.25, -0.2) is 0 Å². The summed E-state index contributed by atoms with van der Waals surface area (Å²) in [4.78, 5) is 2.59. The van der Waals surface area contributed by atoms with Crippen LogP contribution in [0.3, 0.4) is 0 Å². The number of rotatable bonds is 4. The minimum Gasteiger partial charge on any atom is -0.371 e. The third-order valence-electron chi connectivity index (χ3n) is 5.21. The topological polar surface area (TPSA) is 29.3 Å². The standard InChI is InChI=1S/C17H26N2/c1-14-5-6-16-15(12-14)4-2-10-19(16)11-9-17(13-18)7-3-8-17/h5-6,12H,2-4,7-11,13,18H2,1H3. The Morgan fingerprint density at radius 3 is 2.79 bits per heavy atom. The number of nitrogens with zero attached hydrogens (tertiary/aromatic N) is 1. The van der Waals surface area contributed by atoms with E-state index < -0.39 is 0 Å². The van der Waals surface area contributed by atoms with Gasteiger partial charge in [0.15, 0.2) is 0 Å². The van der Waals surface area contributed by atoms with E-state index >= 15 is 0 Å². The summed E-state index contributed by atoms with van der Waals surface area (Å²) in [5.41, 5.74) is 10.9. The highest BCUT2D eigenvalue weighted by Gasteiger charge is 2.35. The Hall–Kier alpha value is -1.02. The van der Waals surface area contributed by atoms with Crippen molar-refractivity contribution >= 4 is 5.69 Å². The SMILES string of the molecule is Cc1ccc2c(c1)CCCN2CCC1(CN)CCC1. The largest absolute Gasteiger partial charge is 0.371 e. The summed E-state index contributed by atoms with van der Waals surface area (Å²) in [6.45, 7) is 5.47. The van der Waals surface area contributed by atoms with Crippen molar-refractivity contribution in [1.29, 1.82) is 0 Å². The normalized spacial score (nSPS) is 20.8. The average Bonchev–Trinajstić information content (AvgIpc) is 2.37. The van der Waals surface area contributed by atoms with E-state index in [1.54, 1.807) is 5.56 Å². The molecule has 1 fully saturated rings. The maximum Gasteiger partial charge on any atom is 0.0398 e. The Morgan fingerprint density at radius 2 is 2.11 bits per heavy atom. The van der Waals surface area contributed by atoms with Crippen molar-refractivity contribution in [3.8, 4) is 0 Å². The van der Waals surface area contributed by atoms with Gasteiger partial charge in [-0.05, 0) is 62.6 Å². The summed E-state index contributed by atoms with van der Waals surface area (Å²) in [7, 11) is 0. The van der Waals surface area contributed by atoms with Gasteiger partial charge < -0.3 is 10.6 Å². The zero-order valence-electron chi connectivity index (χ0n) is 12.1. The zero-order chi connectivity index (χ0) is 13.3. The van der Waals surface area contributed by atoms with Gasteiger partial charge >= 0.3 is 0 Å². The van der Waals surface area contributed by atoms with Crippen LogP contribution in [0, 0.1) is 12.3 Å². The number of benzene rings is 1. The Balaban J connectivity index is 1.70. The van der Waals surface area contributed by atoms with Crippen LogP contribution < -0.4 is 10.6 Å². The molecule has 1 aliphatic heterocycles. The Labute approximate surface area is 117 Å². The lowest BCUT2D eigenvalue weighted by Gasteiger charge is -2.43. The van der Waals surface area contributed by atoms with Crippen LogP contribution in [0.4, 0.5) is 5.69 Å². The molecule has 1 saturated carbocycles. The van der Waals surface area contributed by atoms with Gasteiger partial charge in [0.2, 0.25) is 0 Å². The van der Waals surface area contributed by atoms with Crippen LogP contribution in [-0.4, -0.2) is 19.6 Å². The fourth-order valence-electron chi connectivity index (χ4n) is 3.64. The van der Waals surface area contributed by atoms with Crippen LogP contribution in [0.25, 0.3) is 0 Å². The molecule has 0 amide bonds. The van der Waals surface area contributed by atoms with E-state index in [2.05, 4.69) is 30.0 Å². The highest BCUT2D eigenvalue weighted by atomic mass is 15.1. The Kier molecular flexibility index (Phi) is 3.53. The maximum absolute atomic E-state index is 5.98. The third kappa shape index (κ3) is 2.51. The second kappa shape index (κ2) is 5.16. The van der Waals surface area contributed by atoms with Gasteiger partial charge in [0.05, 0.1) is 0 Å². The van der Waals surface area contributed by atoms with Crippen LogP contribution in [0.15, 0.2) is 18.2 Å². The van der Waals surface area contributed by atoms with Gasteiger partial charge in [-0.1, -0.05) is 24.1 Å². The van der Waals surface area contributed by atoms with Gasteiger partial charge in [0.1, 0.15) is 0 Å². The first-order valence-electron chi connectivity index (χ1n) is 7.77. The summed E-state index contributed by atoms with van der Waals surface area (Å²) in [6.07, 6.45) is 7.89. The molecule has 0 atom stereocenters. The van der Waals surface area contributed by atoms with Crippen LogP contribution >= 0.6 is 0 Å². The third-order valence-corrected chi connectivity index (χ3v) is 5.21. The molecule has 0 unspecified atom stereocenters. The average molecular weight is 258 g/mol. The molecular formula is C17H26N2. The molecular weight excluding hydrogens is 232 g/mol. The molecule has 104 valence electrons. The van der Waals surface area contributed by atoms with Crippen molar-refractivity contribution in [3.05, 3.63) is 29.3 Å². The molecule has 2 heteroatoms. The molecule has 1 aromatic rings. The summed E-state index contributed by atoms with van der Waals surface area (Å²) in [6, 6.07) is 6.93. The Bertz CT molecular complexity index is 443. The minimum atomic E-state index is 0.475. The van der Waals surface area contributed by atoms with Gasteiger partial charge in [-0.3, -0.25) is 0 Å². The summed E-state index contributed by atoms with van der Waals surface area (Å²) < 4.78 is 0. The first kappa shape index (κ1) is 13.0. The molecule has 0 radical (unpaired) electrons. The lowest BCUT2D eigenvalue weighted by Crippen LogP contribution is -2.41. The van der Waals surface area contributed by atoms with E-state index in [9.17, 15) is 0 Å². The summed E-state index contributed by atoms with van der Waals surface area (Å²) >= 11 is 0. The monoisotopic (exact) mass is 258 g/mol. The van der Waals surface area contributed by atoms with Gasteiger partial charge in [-0.2, -0.15) is 0 Å². The van der Waals surface area contributed by atoms with Crippen LogP contribution in [0.5, 0.6) is 0 Å². The number of anilines is 1. The number of hydrogen-bond acceptors (Lipinski definition) is 2. The first-order chi connectivity index (χ1) is 9.22. The maximum atomic E-state index is 5.98. The predicted molar refractivity (Wildman–Crippen MR) is 81.7 cm³/mol. The number of aryl methyl sites for hydroxylation is 2. The van der Waals surface area contributed by atoms with Crippen molar-refractivity contribution in [2.24, 2.45) is 11.1 Å². The molecule has 0 saturated heterocycles. The molecule has 1 heterocycles.